The van der Waals surface area contributed by atoms with Gasteiger partial charge in [-0.15, -0.1) is 0 Å². The number of hydrogen-bond acceptors (Lipinski definition) is 7. The first-order valence-electron chi connectivity index (χ1n) is 6.38. The molecule has 114 valence electrons. The van der Waals surface area contributed by atoms with Gasteiger partial charge in [0.05, 0.1) is 21.5 Å². The number of nitrogens with zero attached hydrogens (tertiary/aromatic N) is 4. The Morgan fingerprint density at radius 2 is 1.48 bits per heavy atom. The monoisotopic (exact) mass is 312 g/mol. The number of rotatable bonds is 4. The molecule has 0 amide bonds. The third-order valence-corrected chi connectivity index (χ3v) is 3.03. The van der Waals surface area contributed by atoms with Crippen LogP contribution in [0.3, 0.4) is 0 Å². The quantitative estimate of drug-likeness (QED) is 0.534. The molecule has 0 radical (unpaired) electrons. The average molecular weight is 312 g/mol. The van der Waals surface area contributed by atoms with E-state index in [-0.39, 0.29) is 17.3 Å². The molecule has 0 aliphatic carbocycles. The summed E-state index contributed by atoms with van der Waals surface area (Å²) in [4.78, 5) is 24.5. The zero-order valence-electron chi connectivity index (χ0n) is 11.4. The molecule has 0 atom stereocenters. The predicted molar refractivity (Wildman–Crippen MR) is 78.5 cm³/mol. The van der Waals surface area contributed by atoms with Crippen molar-refractivity contribution >= 4 is 11.4 Å². The van der Waals surface area contributed by atoms with Crippen molar-refractivity contribution in [2.24, 2.45) is 0 Å². The highest BCUT2D eigenvalue weighted by Crippen LogP contribution is 2.29. The molecule has 0 bridgehead atoms. The summed E-state index contributed by atoms with van der Waals surface area (Å²) in [6.45, 7) is 0. The zero-order valence-corrected chi connectivity index (χ0v) is 11.4. The maximum absolute atomic E-state index is 10.9. The Hall–Kier alpha value is -3.62. The van der Waals surface area contributed by atoms with Gasteiger partial charge in [-0.05, 0) is 0 Å². The maximum atomic E-state index is 10.9. The van der Waals surface area contributed by atoms with Crippen molar-refractivity contribution in [3.63, 3.8) is 0 Å². The highest BCUT2D eigenvalue weighted by atomic mass is 16.6. The number of nitro groups is 2. The van der Waals surface area contributed by atoms with Crippen LogP contribution in [0.4, 0.5) is 11.4 Å². The molecule has 23 heavy (non-hydrogen) atoms. The van der Waals surface area contributed by atoms with Gasteiger partial charge < -0.3 is 4.52 Å². The summed E-state index contributed by atoms with van der Waals surface area (Å²) in [6, 6.07) is 12.1. The molecule has 0 fully saturated rings. The van der Waals surface area contributed by atoms with Gasteiger partial charge in [0.25, 0.3) is 17.3 Å². The molecular formula is C14H8N4O5. The lowest BCUT2D eigenvalue weighted by atomic mass is 10.1. The summed E-state index contributed by atoms with van der Waals surface area (Å²) < 4.78 is 5.07. The average Bonchev–Trinajstić information content (AvgIpc) is 3.05. The van der Waals surface area contributed by atoms with E-state index in [1.165, 1.54) is 0 Å². The third-order valence-electron chi connectivity index (χ3n) is 3.03. The van der Waals surface area contributed by atoms with Gasteiger partial charge in [-0.25, -0.2) is 0 Å². The first kappa shape index (κ1) is 14.3. The summed E-state index contributed by atoms with van der Waals surface area (Å²) in [7, 11) is 0. The second kappa shape index (κ2) is 5.64. The molecule has 3 aromatic rings. The van der Waals surface area contributed by atoms with E-state index in [2.05, 4.69) is 10.1 Å². The van der Waals surface area contributed by atoms with E-state index in [0.717, 1.165) is 18.2 Å². The van der Waals surface area contributed by atoms with Crippen LogP contribution < -0.4 is 0 Å². The second-order valence-corrected chi connectivity index (χ2v) is 4.54. The predicted octanol–water partition coefficient (Wildman–Crippen LogP) is 3.22. The molecule has 0 aliphatic rings. The molecule has 0 unspecified atom stereocenters. The minimum Gasteiger partial charge on any atom is -0.334 e. The van der Waals surface area contributed by atoms with Gasteiger partial charge in [0, 0.05) is 17.7 Å². The second-order valence-electron chi connectivity index (χ2n) is 4.54. The molecule has 9 nitrogen and oxygen atoms in total. The van der Waals surface area contributed by atoms with Gasteiger partial charge in [0.2, 0.25) is 5.82 Å². The van der Waals surface area contributed by atoms with E-state index < -0.39 is 21.2 Å². The lowest BCUT2D eigenvalue weighted by Gasteiger charge is -1.97. The van der Waals surface area contributed by atoms with E-state index in [4.69, 9.17) is 4.52 Å². The number of aromatic nitrogens is 2. The molecular weight excluding hydrogens is 304 g/mol. The van der Waals surface area contributed by atoms with E-state index in [1.54, 1.807) is 24.3 Å². The van der Waals surface area contributed by atoms with Crippen LogP contribution in [0.5, 0.6) is 0 Å². The molecule has 9 heteroatoms. The van der Waals surface area contributed by atoms with Gasteiger partial charge >= 0.3 is 0 Å². The highest BCUT2D eigenvalue weighted by molar-refractivity contribution is 5.65. The van der Waals surface area contributed by atoms with Crippen molar-refractivity contribution in [2.45, 2.75) is 0 Å². The van der Waals surface area contributed by atoms with Crippen LogP contribution in [0, 0.1) is 20.2 Å². The van der Waals surface area contributed by atoms with Crippen molar-refractivity contribution in [1.29, 1.82) is 0 Å². The van der Waals surface area contributed by atoms with Crippen molar-refractivity contribution in [3.8, 4) is 22.8 Å². The topological polar surface area (TPSA) is 125 Å². The van der Waals surface area contributed by atoms with Crippen molar-refractivity contribution in [3.05, 3.63) is 68.8 Å². The van der Waals surface area contributed by atoms with Crippen molar-refractivity contribution in [1.82, 2.24) is 10.1 Å². The minimum absolute atomic E-state index is 0.0318. The lowest BCUT2D eigenvalue weighted by Crippen LogP contribution is -1.94. The molecule has 0 N–H and O–H groups in total. The van der Waals surface area contributed by atoms with Gasteiger partial charge in [-0.2, -0.15) is 4.98 Å². The number of nitro benzene ring substituents is 2. The van der Waals surface area contributed by atoms with Gasteiger partial charge in [-0.3, -0.25) is 20.2 Å². The molecule has 0 saturated heterocycles. The molecule has 1 heterocycles. The van der Waals surface area contributed by atoms with Crippen LogP contribution in [-0.4, -0.2) is 20.0 Å². The zero-order chi connectivity index (χ0) is 16.4. The molecule has 2 aromatic carbocycles. The summed E-state index contributed by atoms with van der Waals surface area (Å²) >= 11 is 0. The van der Waals surface area contributed by atoms with Crippen LogP contribution in [0.1, 0.15) is 0 Å². The van der Waals surface area contributed by atoms with Crippen LogP contribution in [-0.2, 0) is 0 Å². The smallest absolute Gasteiger partial charge is 0.277 e. The Kier molecular flexibility index (Phi) is 3.51. The number of hydrogen-bond donors (Lipinski definition) is 0. The SMILES string of the molecule is O=[N+]([O-])c1cc(-c2nc(-c3ccccc3)no2)cc([N+](=O)[O-])c1. The van der Waals surface area contributed by atoms with Crippen LogP contribution >= 0.6 is 0 Å². The summed E-state index contributed by atoms with van der Waals surface area (Å²) in [5.41, 5.74) is -0.0367. The fraction of sp³-hybridized carbons (Fsp3) is 0. The molecule has 0 aliphatic heterocycles. The van der Waals surface area contributed by atoms with Gasteiger partial charge in [0.15, 0.2) is 0 Å². The number of non-ortho nitro benzene ring substituents is 2. The van der Waals surface area contributed by atoms with E-state index >= 15 is 0 Å². The van der Waals surface area contributed by atoms with Crippen LogP contribution in [0.15, 0.2) is 53.1 Å². The molecule has 0 spiro atoms. The number of benzene rings is 2. The minimum atomic E-state index is -0.717. The molecule has 0 saturated carbocycles. The Balaban J connectivity index is 2.07. The van der Waals surface area contributed by atoms with Gasteiger partial charge in [-0.1, -0.05) is 35.5 Å². The first-order chi connectivity index (χ1) is 11.0. The van der Waals surface area contributed by atoms with Gasteiger partial charge in [0.1, 0.15) is 0 Å². The normalized spacial score (nSPS) is 10.4. The summed E-state index contributed by atoms with van der Waals surface area (Å²) in [6.07, 6.45) is 0. The van der Waals surface area contributed by atoms with E-state index in [1.807, 2.05) is 6.07 Å². The van der Waals surface area contributed by atoms with Crippen LogP contribution in [0.2, 0.25) is 0 Å². The van der Waals surface area contributed by atoms with Crippen LogP contribution in [0.25, 0.3) is 22.8 Å². The third kappa shape index (κ3) is 2.88. The fourth-order valence-corrected chi connectivity index (χ4v) is 1.97. The highest BCUT2D eigenvalue weighted by Gasteiger charge is 2.20. The lowest BCUT2D eigenvalue weighted by molar-refractivity contribution is -0.394. The molecule has 3 rings (SSSR count). The maximum Gasteiger partial charge on any atom is 0.277 e. The van der Waals surface area contributed by atoms with Crippen molar-refractivity contribution < 1.29 is 14.4 Å². The Labute approximate surface area is 128 Å². The fourth-order valence-electron chi connectivity index (χ4n) is 1.97. The summed E-state index contributed by atoms with van der Waals surface area (Å²) in [5.74, 6) is 0.255. The Bertz CT molecular complexity index is 859. The molecule has 1 aromatic heterocycles. The van der Waals surface area contributed by atoms with E-state index in [0.29, 0.717) is 5.56 Å². The van der Waals surface area contributed by atoms with Crippen molar-refractivity contribution in [2.75, 3.05) is 0 Å². The van der Waals surface area contributed by atoms with E-state index in [9.17, 15) is 20.2 Å². The largest absolute Gasteiger partial charge is 0.334 e. The summed E-state index contributed by atoms with van der Waals surface area (Å²) in [5, 5.41) is 25.6. The Morgan fingerprint density at radius 3 is 2.04 bits per heavy atom. The first-order valence-corrected chi connectivity index (χ1v) is 6.38. The Morgan fingerprint density at radius 1 is 0.870 bits per heavy atom. The standard InChI is InChI=1S/C14H8N4O5/c19-17(20)11-6-10(7-12(8-11)18(21)22)14-15-13(16-23-14)9-4-2-1-3-5-9/h1-8H.